The third-order valence-electron chi connectivity index (χ3n) is 7.20. The van der Waals surface area contributed by atoms with Crippen molar-refractivity contribution in [2.75, 3.05) is 13.7 Å². The number of amides is 2. The minimum atomic E-state index is -1.10. The molecule has 0 aromatic heterocycles. The van der Waals surface area contributed by atoms with Crippen molar-refractivity contribution < 1.29 is 48.0 Å². The summed E-state index contributed by atoms with van der Waals surface area (Å²) in [4.78, 5) is 52.7. The zero-order valence-electron chi connectivity index (χ0n) is 27.3. The molecule has 47 heavy (non-hydrogen) atoms. The number of rotatable bonds is 10. The van der Waals surface area contributed by atoms with E-state index < -0.39 is 47.3 Å². The molecule has 1 saturated heterocycles. The first kappa shape index (κ1) is 34.8. The highest BCUT2D eigenvalue weighted by atomic mass is 16.6. The van der Waals surface area contributed by atoms with Gasteiger partial charge in [0.25, 0.3) is 0 Å². The van der Waals surface area contributed by atoms with Gasteiger partial charge in [0.1, 0.15) is 35.8 Å². The first-order valence-corrected chi connectivity index (χ1v) is 15.0. The largest absolute Gasteiger partial charge is 0.504 e. The molecule has 1 aliphatic heterocycles. The maximum absolute atomic E-state index is 13.7. The number of carbonyl (C=O) groups excluding carboxylic acids is 4. The first-order chi connectivity index (χ1) is 22.2. The van der Waals surface area contributed by atoms with E-state index in [0.29, 0.717) is 11.3 Å². The Kier molecular flexibility index (Phi) is 10.8. The van der Waals surface area contributed by atoms with Crippen LogP contribution in [0.3, 0.4) is 0 Å². The van der Waals surface area contributed by atoms with Gasteiger partial charge >= 0.3 is 18.2 Å². The second kappa shape index (κ2) is 14.5. The minimum Gasteiger partial charge on any atom is -0.504 e. The van der Waals surface area contributed by atoms with Crippen molar-refractivity contribution in [3.63, 3.8) is 0 Å². The summed E-state index contributed by atoms with van der Waals surface area (Å²) < 4.78 is 27.3. The van der Waals surface area contributed by atoms with E-state index in [0.717, 1.165) is 5.56 Å². The third-order valence-corrected chi connectivity index (χ3v) is 7.20. The maximum Gasteiger partial charge on any atom is 0.413 e. The zero-order chi connectivity index (χ0) is 34.4. The Labute approximate surface area is 273 Å². The fourth-order valence-corrected chi connectivity index (χ4v) is 4.91. The van der Waals surface area contributed by atoms with Crippen molar-refractivity contribution in [1.29, 1.82) is 0 Å². The lowest BCUT2D eigenvalue weighted by Gasteiger charge is -2.32. The number of methoxy groups -OCH3 is 1. The van der Waals surface area contributed by atoms with Gasteiger partial charge in [-0.15, -0.1) is 0 Å². The predicted molar refractivity (Wildman–Crippen MR) is 170 cm³/mol. The molecule has 2 atom stereocenters. The SMILES string of the molecule is COC(=O)[C@H](Cc1ccc(Oc2cc(C(=O)[C@H]3COC(C)(C)N3C(=O)OCc3ccccc3)ccc2O)cc1)NC(=O)OC(C)(C)C. The number of aromatic hydroxyl groups is 1. The molecule has 12 heteroatoms. The quantitative estimate of drug-likeness (QED) is 0.158. The van der Waals surface area contributed by atoms with Crippen molar-refractivity contribution in [2.45, 2.75) is 71.1 Å². The molecule has 1 heterocycles. The van der Waals surface area contributed by atoms with Gasteiger partial charge < -0.3 is 34.1 Å². The molecule has 0 unspecified atom stereocenters. The zero-order valence-corrected chi connectivity index (χ0v) is 27.3. The normalized spacial score (nSPS) is 16.1. The molecule has 0 aliphatic carbocycles. The summed E-state index contributed by atoms with van der Waals surface area (Å²) in [6.07, 6.45) is -1.33. The van der Waals surface area contributed by atoms with Crippen molar-refractivity contribution in [1.82, 2.24) is 10.2 Å². The highest BCUT2D eigenvalue weighted by molar-refractivity contribution is 6.02. The number of hydrogen-bond acceptors (Lipinski definition) is 10. The molecule has 12 nitrogen and oxygen atoms in total. The third kappa shape index (κ3) is 9.23. The molecular weight excluding hydrogens is 608 g/mol. The lowest BCUT2D eigenvalue weighted by molar-refractivity contribution is -0.143. The Hall–Kier alpha value is -5.10. The smallest absolute Gasteiger partial charge is 0.413 e. The summed E-state index contributed by atoms with van der Waals surface area (Å²) in [7, 11) is 1.23. The standard InChI is InChI=1S/C35H40N2O10/c1-34(2,3)47-32(41)36-26(31(40)43-6)18-22-12-15-25(16-13-22)46-29-19-24(14-17-28(29)38)30(39)27-21-45-35(4,5)37(27)33(42)44-20-23-10-8-7-9-11-23/h7-17,19,26-27,38H,18,20-21H2,1-6H3,(H,36,41)/t26-,27+/m0/s1. The summed E-state index contributed by atoms with van der Waals surface area (Å²) in [6.45, 7) is 8.49. The fourth-order valence-electron chi connectivity index (χ4n) is 4.91. The summed E-state index contributed by atoms with van der Waals surface area (Å²) in [5.74, 6) is -0.917. The molecule has 4 rings (SSSR count). The number of phenolic OH excluding ortho intramolecular Hbond substituents is 1. The van der Waals surface area contributed by atoms with Crippen LogP contribution in [0.2, 0.25) is 0 Å². The molecule has 0 radical (unpaired) electrons. The number of Topliss-reactive ketones (excluding diaryl/α,β-unsaturated/α-hetero) is 1. The van der Waals surface area contributed by atoms with Gasteiger partial charge in [-0.25, -0.2) is 14.4 Å². The Morgan fingerprint density at radius 2 is 1.68 bits per heavy atom. The van der Waals surface area contributed by atoms with Crippen LogP contribution < -0.4 is 10.1 Å². The molecular formula is C35H40N2O10. The van der Waals surface area contributed by atoms with Crippen LogP contribution >= 0.6 is 0 Å². The molecule has 3 aromatic carbocycles. The molecule has 2 amide bonds. The van der Waals surface area contributed by atoms with E-state index in [9.17, 15) is 24.3 Å². The predicted octanol–water partition coefficient (Wildman–Crippen LogP) is 5.75. The van der Waals surface area contributed by atoms with Crippen LogP contribution in [0.15, 0.2) is 72.8 Å². The Morgan fingerprint density at radius 1 is 1.00 bits per heavy atom. The number of esters is 1. The van der Waals surface area contributed by atoms with Crippen LogP contribution in [0.4, 0.5) is 9.59 Å². The number of phenols is 1. The lowest BCUT2D eigenvalue weighted by atomic mass is 10.0. The van der Waals surface area contributed by atoms with Crippen LogP contribution in [0.5, 0.6) is 17.2 Å². The molecule has 0 saturated carbocycles. The number of carbonyl (C=O) groups is 4. The number of ketones is 1. The number of ether oxygens (including phenoxy) is 5. The molecule has 1 fully saturated rings. The van der Waals surface area contributed by atoms with Gasteiger partial charge in [0.15, 0.2) is 17.3 Å². The molecule has 1 aliphatic rings. The molecule has 0 bridgehead atoms. The van der Waals surface area contributed by atoms with Gasteiger partial charge in [-0.2, -0.15) is 0 Å². The number of benzene rings is 3. The first-order valence-electron chi connectivity index (χ1n) is 15.0. The van der Waals surface area contributed by atoms with E-state index in [1.807, 2.05) is 30.3 Å². The van der Waals surface area contributed by atoms with Gasteiger partial charge in [0.2, 0.25) is 0 Å². The Morgan fingerprint density at radius 3 is 2.32 bits per heavy atom. The van der Waals surface area contributed by atoms with Crippen LogP contribution in [-0.4, -0.2) is 71.1 Å². The van der Waals surface area contributed by atoms with E-state index in [1.165, 1.54) is 30.2 Å². The highest BCUT2D eigenvalue weighted by Gasteiger charge is 2.48. The van der Waals surface area contributed by atoms with Crippen molar-refractivity contribution in [3.05, 3.63) is 89.5 Å². The average molecular weight is 649 g/mol. The maximum atomic E-state index is 13.7. The van der Waals surface area contributed by atoms with Crippen LogP contribution in [-0.2, 0) is 36.8 Å². The molecule has 3 aromatic rings. The molecule has 250 valence electrons. The fraction of sp³-hybridized carbons (Fsp3) is 0.371. The van der Waals surface area contributed by atoms with Gasteiger partial charge in [-0.1, -0.05) is 42.5 Å². The monoisotopic (exact) mass is 648 g/mol. The summed E-state index contributed by atoms with van der Waals surface area (Å²) in [5, 5.41) is 13.1. The Balaban J connectivity index is 1.45. The topological polar surface area (TPSA) is 150 Å². The van der Waals surface area contributed by atoms with E-state index in [4.69, 9.17) is 23.7 Å². The van der Waals surface area contributed by atoms with Gasteiger partial charge in [-0.05, 0) is 76.1 Å². The number of nitrogens with one attached hydrogen (secondary N) is 1. The van der Waals surface area contributed by atoms with Crippen LogP contribution in [0.25, 0.3) is 0 Å². The van der Waals surface area contributed by atoms with Gasteiger partial charge in [0.05, 0.1) is 13.7 Å². The van der Waals surface area contributed by atoms with Crippen LogP contribution in [0, 0.1) is 0 Å². The minimum absolute atomic E-state index is 0.0130. The second-order valence-electron chi connectivity index (χ2n) is 12.4. The Bertz CT molecular complexity index is 1580. The van der Waals surface area contributed by atoms with Gasteiger partial charge in [0, 0.05) is 12.0 Å². The number of alkyl carbamates (subject to hydrolysis) is 1. The summed E-state index contributed by atoms with van der Waals surface area (Å²) in [6, 6.07) is 18.0. The van der Waals surface area contributed by atoms with Crippen LogP contribution in [0.1, 0.15) is 56.1 Å². The van der Waals surface area contributed by atoms with E-state index in [1.54, 1.807) is 58.9 Å². The van der Waals surface area contributed by atoms with Crippen molar-refractivity contribution >= 4 is 23.9 Å². The second-order valence-corrected chi connectivity index (χ2v) is 12.4. The highest BCUT2D eigenvalue weighted by Crippen LogP contribution is 2.35. The van der Waals surface area contributed by atoms with Crippen molar-refractivity contribution in [2.24, 2.45) is 0 Å². The average Bonchev–Trinajstić information content (AvgIpc) is 3.35. The van der Waals surface area contributed by atoms with E-state index in [2.05, 4.69) is 5.32 Å². The van der Waals surface area contributed by atoms with Crippen molar-refractivity contribution in [3.8, 4) is 17.2 Å². The summed E-state index contributed by atoms with van der Waals surface area (Å²) in [5.41, 5.74) is -0.167. The molecule has 0 spiro atoms. The molecule has 2 N–H and O–H groups in total. The van der Waals surface area contributed by atoms with E-state index >= 15 is 0 Å². The van der Waals surface area contributed by atoms with Gasteiger partial charge in [-0.3, -0.25) is 9.69 Å². The summed E-state index contributed by atoms with van der Waals surface area (Å²) >= 11 is 0. The van der Waals surface area contributed by atoms with E-state index in [-0.39, 0.29) is 36.7 Å². The number of nitrogens with zero attached hydrogens (tertiary/aromatic N) is 1. The number of hydrogen-bond donors (Lipinski definition) is 2. The lowest BCUT2D eigenvalue weighted by Crippen LogP contribution is -2.50.